The zero-order chi connectivity index (χ0) is 15.6. The van der Waals surface area contributed by atoms with Crippen molar-refractivity contribution in [2.75, 3.05) is 36.0 Å². The molecule has 1 aromatic heterocycles. The van der Waals surface area contributed by atoms with Gasteiger partial charge in [0.2, 0.25) is 0 Å². The van der Waals surface area contributed by atoms with Crippen LogP contribution < -0.4 is 9.80 Å². The van der Waals surface area contributed by atoms with Gasteiger partial charge in [0.15, 0.2) is 0 Å². The molecule has 0 radical (unpaired) electrons. The summed E-state index contributed by atoms with van der Waals surface area (Å²) in [5.74, 6) is 0.193. The minimum absolute atomic E-state index is 0.0000463. The van der Waals surface area contributed by atoms with Crippen LogP contribution in [-0.2, 0) is 0 Å². The third-order valence-corrected chi connectivity index (χ3v) is 4.53. The van der Waals surface area contributed by atoms with Crippen molar-refractivity contribution in [2.45, 2.75) is 38.3 Å². The number of piperidine rings is 2. The van der Waals surface area contributed by atoms with Crippen LogP contribution in [0.3, 0.4) is 0 Å². The smallest absolute Gasteiger partial charge is 0.356 e. The average molecular weight is 314 g/mol. The Balaban J connectivity index is 1.74. The lowest BCUT2D eigenvalue weighted by Gasteiger charge is -2.35. The first kappa shape index (κ1) is 15.4. The lowest BCUT2D eigenvalue weighted by molar-refractivity contribution is -0.176. The summed E-state index contributed by atoms with van der Waals surface area (Å²) in [6.45, 7) is 2.55. The maximum absolute atomic E-state index is 12.9. The molecule has 0 unspecified atom stereocenters. The molecule has 2 aliphatic rings. The molecular weight excluding hydrogens is 293 g/mol. The van der Waals surface area contributed by atoms with Crippen molar-refractivity contribution in [1.29, 1.82) is 0 Å². The maximum atomic E-state index is 12.9. The molecule has 0 spiro atoms. The molecule has 0 aliphatic carbocycles. The molecule has 0 amide bonds. The van der Waals surface area contributed by atoms with E-state index in [4.69, 9.17) is 0 Å². The van der Waals surface area contributed by atoms with Gasteiger partial charge in [-0.2, -0.15) is 13.2 Å². The normalized spacial score (nSPS) is 23.7. The number of rotatable bonds is 2. The van der Waals surface area contributed by atoms with Crippen molar-refractivity contribution in [3.05, 3.63) is 12.4 Å². The van der Waals surface area contributed by atoms with Crippen molar-refractivity contribution < 1.29 is 13.2 Å². The van der Waals surface area contributed by atoms with E-state index in [1.54, 1.807) is 4.90 Å². The van der Waals surface area contributed by atoms with Crippen LogP contribution in [0, 0.1) is 5.92 Å². The van der Waals surface area contributed by atoms with E-state index in [2.05, 4.69) is 14.9 Å². The van der Waals surface area contributed by atoms with Gasteiger partial charge in [0.25, 0.3) is 0 Å². The van der Waals surface area contributed by atoms with E-state index >= 15 is 0 Å². The molecule has 0 bridgehead atoms. The quantitative estimate of drug-likeness (QED) is 0.839. The SMILES string of the molecule is FC(F)(F)[C@H]1CCCN(c2cc(N3CCCCC3)ncn2)C1. The Hall–Kier alpha value is -1.53. The molecule has 1 aromatic rings. The van der Waals surface area contributed by atoms with Gasteiger partial charge in [-0.15, -0.1) is 0 Å². The topological polar surface area (TPSA) is 32.3 Å². The highest BCUT2D eigenvalue weighted by atomic mass is 19.4. The summed E-state index contributed by atoms with van der Waals surface area (Å²) in [6.07, 6.45) is 1.61. The van der Waals surface area contributed by atoms with E-state index in [0.29, 0.717) is 18.8 Å². The summed E-state index contributed by atoms with van der Waals surface area (Å²) >= 11 is 0. The molecule has 1 atom stereocenters. The first-order valence-electron chi connectivity index (χ1n) is 7.93. The van der Waals surface area contributed by atoms with E-state index in [1.165, 1.54) is 12.7 Å². The molecule has 0 saturated carbocycles. The van der Waals surface area contributed by atoms with Crippen LogP contribution >= 0.6 is 0 Å². The zero-order valence-electron chi connectivity index (χ0n) is 12.5. The highest BCUT2D eigenvalue weighted by molar-refractivity contribution is 5.50. The van der Waals surface area contributed by atoms with Crippen LogP contribution in [0.4, 0.5) is 24.8 Å². The van der Waals surface area contributed by atoms with Crippen molar-refractivity contribution in [1.82, 2.24) is 9.97 Å². The predicted octanol–water partition coefficient (Wildman–Crippen LogP) is 3.25. The first-order chi connectivity index (χ1) is 10.5. The molecular formula is C15H21F3N4. The average Bonchev–Trinajstić information content (AvgIpc) is 2.55. The molecule has 122 valence electrons. The van der Waals surface area contributed by atoms with E-state index < -0.39 is 12.1 Å². The van der Waals surface area contributed by atoms with E-state index in [0.717, 1.165) is 31.7 Å². The minimum atomic E-state index is -4.12. The molecule has 0 aromatic carbocycles. The van der Waals surface area contributed by atoms with Gasteiger partial charge in [-0.3, -0.25) is 0 Å². The molecule has 3 heterocycles. The number of nitrogens with zero attached hydrogens (tertiary/aromatic N) is 4. The number of anilines is 2. The number of alkyl halides is 3. The molecule has 22 heavy (non-hydrogen) atoms. The Labute approximate surface area is 128 Å². The maximum Gasteiger partial charge on any atom is 0.393 e. The van der Waals surface area contributed by atoms with Crippen LogP contribution in [0.2, 0.25) is 0 Å². The van der Waals surface area contributed by atoms with Gasteiger partial charge in [0.1, 0.15) is 18.0 Å². The minimum Gasteiger partial charge on any atom is -0.356 e. The Bertz CT molecular complexity index is 500. The van der Waals surface area contributed by atoms with Gasteiger partial charge in [0, 0.05) is 32.2 Å². The summed E-state index contributed by atoms with van der Waals surface area (Å²) in [6, 6.07) is 1.84. The number of hydrogen-bond acceptors (Lipinski definition) is 4. The predicted molar refractivity (Wildman–Crippen MR) is 79.1 cm³/mol. The standard InChI is InChI=1S/C15H21F3N4/c16-15(17,18)12-5-4-8-22(10-12)14-9-13(19-11-20-14)21-6-2-1-3-7-21/h9,11-12H,1-8,10H2/t12-/m0/s1. The largest absolute Gasteiger partial charge is 0.393 e. The molecule has 2 aliphatic heterocycles. The van der Waals surface area contributed by atoms with E-state index in [1.807, 2.05) is 6.07 Å². The van der Waals surface area contributed by atoms with Gasteiger partial charge >= 0.3 is 6.18 Å². The fourth-order valence-electron chi connectivity index (χ4n) is 3.26. The second-order valence-corrected chi connectivity index (χ2v) is 6.11. The lowest BCUT2D eigenvalue weighted by Crippen LogP contribution is -2.42. The number of halogens is 3. The van der Waals surface area contributed by atoms with Crippen molar-refractivity contribution in [2.24, 2.45) is 5.92 Å². The Morgan fingerprint density at radius 3 is 2.23 bits per heavy atom. The van der Waals surface area contributed by atoms with Gasteiger partial charge in [-0.1, -0.05) is 0 Å². The van der Waals surface area contributed by atoms with Crippen LogP contribution in [0.1, 0.15) is 32.1 Å². The Morgan fingerprint density at radius 2 is 1.55 bits per heavy atom. The number of aromatic nitrogens is 2. The molecule has 2 saturated heterocycles. The summed E-state index contributed by atoms with van der Waals surface area (Å²) in [4.78, 5) is 12.4. The molecule has 7 heteroatoms. The Kier molecular flexibility index (Phi) is 4.40. The summed E-state index contributed by atoms with van der Waals surface area (Å²) in [5.41, 5.74) is 0. The van der Waals surface area contributed by atoms with Crippen LogP contribution in [0.15, 0.2) is 12.4 Å². The van der Waals surface area contributed by atoms with Crippen LogP contribution in [0.5, 0.6) is 0 Å². The third kappa shape index (κ3) is 3.44. The fourth-order valence-corrected chi connectivity index (χ4v) is 3.26. The van der Waals surface area contributed by atoms with E-state index in [9.17, 15) is 13.2 Å². The Morgan fingerprint density at radius 1 is 0.909 bits per heavy atom. The first-order valence-corrected chi connectivity index (χ1v) is 7.93. The molecule has 0 N–H and O–H groups in total. The van der Waals surface area contributed by atoms with Crippen LogP contribution in [-0.4, -0.2) is 42.3 Å². The summed E-state index contributed by atoms with van der Waals surface area (Å²) in [5, 5.41) is 0. The highest BCUT2D eigenvalue weighted by Gasteiger charge is 2.42. The highest BCUT2D eigenvalue weighted by Crippen LogP contribution is 2.34. The summed E-state index contributed by atoms with van der Waals surface area (Å²) < 4.78 is 38.8. The van der Waals surface area contributed by atoms with Gasteiger partial charge in [-0.25, -0.2) is 9.97 Å². The van der Waals surface area contributed by atoms with Crippen molar-refractivity contribution in [3.8, 4) is 0 Å². The third-order valence-electron chi connectivity index (χ3n) is 4.53. The van der Waals surface area contributed by atoms with Gasteiger partial charge in [-0.05, 0) is 32.1 Å². The molecule has 4 nitrogen and oxygen atoms in total. The fraction of sp³-hybridized carbons (Fsp3) is 0.733. The van der Waals surface area contributed by atoms with E-state index in [-0.39, 0.29) is 13.0 Å². The second kappa shape index (κ2) is 6.30. The van der Waals surface area contributed by atoms with Crippen molar-refractivity contribution in [3.63, 3.8) is 0 Å². The van der Waals surface area contributed by atoms with Crippen molar-refractivity contribution >= 4 is 11.6 Å². The monoisotopic (exact) mass is 314 g/mol. The molecule has 2 fully saturated rings. The summed E-state index contributed by atoms with van der Waals surface area (Å²) in [7, 11) is 0. The van der Waals surface area contributed by atoms with Gasteiger partial charge < -0.3 is 9.80 Å². The zero-order valence-corrected chi connectivity index (χ0v) is 12.5. The lowest BCUT2D eigenvalue weighted by atomic mass is 9.97. The molecule has 3 rings (SSSR count). The second-order valence-electron chi connectivity index (χ2n) is 6.11. The van der Waals surface area contributed by atoms with Gasteiger partial charge in [0.05, 0.1) is 5.92 Å². The number of hydrogen-bond donors (Lipinski definition) is 0. The van der Waals surface area contributed by atoms with Crippen LogP contribution in [0.25, 0.3) is 0 Å².